The molecule has 5 nitrogen and oxygen atoms in total. The molecule has 2 aromatic heterocycles. The van der Waals surface area contributed by atoms with Crippen molar-refractivity contribution in [3.8, 4) is 0 Å². The summed E-state index contributed by atoms with van der Waals surface area (Å²) in [7, 11) is 0. The highest BCUT2D eigenvalue weighted by Crippen LogP contribution is 2.17. The Balaban J connectivity index is 1.65. The molecular formula is C15H15N3O2S. The predicted molar refractivity (Wildman–Crippen MR) is 84.0 cm³/mol. The van der Waals surface area contributed by atoms with Gasteiger partial charge in [-0.25, -0.2) is 0 Å². The fourth-order valence-electron chi connectivity index (χ4n) is 2.35. The molecular weight excluding hydrogens is 286 g/mol. The Kier molecular flexibility index (Phi) is 3.62. The van der Waals surface area contributed by atoms with Crippen molar-refractivity contribution in [3.05, 3.63) is 56.3 Å². The van der Waals surface area contributed by atoms with Crippen molar-refractivity contribution in [2.45, 2.75) is 13.3 Å². The minimum atomic E-state index is -0.200. The minimum absolute atomic E-state index is 0.198. The van der Waals surface area contributed by atoms with Crippen LogP contribution in [0, 0.1) is 6.92 Å². The largest absolute Gasteiger partial charge is 0.361 e. The third-order valence-electron chi connectivity index (χ3n) is 3.39. The maximum atomic E-state index is 12.0. The summed E-state index contributed by atoms with van der Waals surface area (Å²) in [5, 5.41) is 4.03. The molecule has 108 valence electrons. The normalized spacial score (nSPS) is 10.9. The highest BCUT2D eigenvalue weighted by Gasteiger charge is 2.12. The number of fused-ring (bicyclic) bond motifs is 1. The van der Waals surface area contributed by atoms with Gasteiger partial charge in [0.1, 0.15) is 4.88 Å². The fourth-order valence-corrected chi connectivity index (χ4v) is 3.11. The maximum absolute atomic E-state index is 12.0. The quantitative estimate of drug-likeness (QED) is 0.691. The van der Waals surface area contributed by atoms with E-state index in [4.69, 9.17) is 0 Å². The van der Waals surface area contributed by atoms with E-state index in [2.05, 4.69) is 21.4 Å². The summed E-state index contributed by atoms with van der Waals surface area (Å²) >= 11 is 0.944. The van der Waals surface area contributed by atoms with Crippen LogP contribution in [0.3, 0.4) is 0 Å². The number of H-pyrrole nitrogens is 2. The molecule has 0 aliphatic carbocycles. The second-order valence-corrected chi connectivity index (χ2v) is 5.82. The van der Waals surface area contributed by atoms with Gasteiger partial charge in [0.15, 0.2) is 0 Å². The highest BCUT2D eigenvalue weighted by atomic mass is 32.1. The van der Waals surface area contributed by atoms with Gasteiger partial charge in [0, 0.05) is 29.3 Å². The molecule has 0 saturated carbocycles. The van der Waals surface area contributed by atoms with E-state index in [1.54, 1.807) is 6.92 Å². The Morgan fingerprint density at radius 2 is 2.14 bits per heavy atom. The summed E-state index contributed by atoms with van der Waals surface area (Å²) in [6, 6.07) is 8.07. The number of aromatic nitrogens is 2. The number of hydrogen-bond donors (Lipinski definition) is 3. The van der Waals surface area contributed by atoms with Crippen LogP contribution >= 0.6 is 11.3 Å². The van der Waals surface area contributed by atoms with Crippen molar-refractivity contribution in [2.24, 2.45) is 0 Å². The lowest BCUT2D eigenvalue weighted by atomic mass is 10.1. The molecule has 0 atom stereocenters. The summed E-state index contributed by atoms with van der Waals surface area (Å²) in [5.74, 6) is -0.198. The predicted octanol–water partition coefficient (Wildman–Crippen LogP) is 2.20. The van der Waals surface area contributed by atoms with Gasteiger partial charge in [-0.2, -0.15) is 0 Å². The average Bonchev–Trinajstić information content (AvgIpc) is 3.02. The van der Waals surface area contributed by atoms with Crippen molar-refractivity contribution in [3.63, 3.8) is 0 Å². The molecule has 6 heteroatoms. The summed E-state index contributed by atoms with van der Waals surface area (Å²) in [5.41, 5.74) is 2.89. The van der Waals surface area contributed by atoms with E-state index in [0.29, 0.717) is 17.1 Å². The maximum Gasteiger partial charge on any atom is 0.305 e. The number of nitrogens with one attached hydrogen (secondary N) is 3. The van der Waals surface area contributed by atoms with Crippen molar-refractivity contribution in [1.29, 1.82) is 0 Å². The zero-order valence-corrected chi connectivity index (χ0v) is 12.3. The second kappa shape index (κ2) is 5.57. The number of para-hydroxylation sites is 1. The van der Waals surface area contributed by atoms with Crippen LogP contribution in [0.5, 0.6) is 0 Å². The first-order valence-corrected chi connectivity index (χ1v) is 7.49. The smallest absolute Gasteiger partial charge is 0.305 e. The second-order valence-electron chi connectivity index (χ2n) is 4.83. The van der Waals surface area contributed by atoms with Crippen LogP contribution in [0.25, 0.3) is 10.9 Å². The zero-order chi connectivity index (χ0) is 14.8. The molecule has 3 N–H and O–H groups in total. The van der Waals surface area contributed by atoms with Crippen LogP contribution in [-0.2, 0) is 6.42 Å². The molecule has 0 radical (unpaired) electrons. The van der Waals surface area contributed by atoms with Gasteiger partial charge in [0.2, 0.25) is 0 Å². The number of carbonyl (C=O) groups excluding carboxylic acids is 1. The number of hydrogen-bond acceptors (Lipinski definition) is 3. The van der Waals surface area contributed by atoms with Crippen molar-refractivity contribution in [1.82, 2.24) is 15.3 Å². The van der Waals surface area contributed by atoms with E-state index in [0.717, 1.165) is 23.3 Å². The molecule has 21 heavy (non-hydrogen) atoms. The molecule has 0 aliphatic heterocycles. The van der Waals surface area contributed by atoms with Crippen LogP contribution in [0.1, 0.15) is 20.9 Å². The third kappa shape index (κ3) is 2.75. The van der Waals surface area contributed by atoms with Gasteiger partial charge < -0.3 is 15.3 Å². The first-order valence-electron chi connectivity index (χ1n) is 6.68. The van der Waals surface area contributed by atoms with E-state index in [1.165, 1.54) is 10.9 Å². The van der Waals surface area contributed by atoms with E-state index < -0.39 is 0 Å². The number of rotatable bonds is 4. The van der Waals surface area contributed by atoms with Gasteiger partial charge in [-0.15, -0.1) is 0 Å². The zero-order valence-electron chi connectivity index (χ0n) is 11.5. The van der Waals surface area contributed by atoms with Crippen molar-refractivity contribution >= 4 is 28.1 Å². The van der Waals surface area contributed by atoms with Gasteiger partial charge in [-0.3, -0.25) is 9.59 Å². The van der Waals surface area contributed by atoms with E-state index in [1.807, 2.05) is 24.4 Å². The Labute approximate surface area is 125 Å². The van der Waals surface area contributed by atoms with Gasteiger partial charge >= 0.3 is 4.87 Å². The molecule has 2 heterocycles. The summed E-state index contributed by atoms with van der Waals surface area (Å²) in [6.45, 7) is 2.26. The van der Waals surface area contributed by atoms with Gasteiger partial charge in [0.05, 0.1) is 0 Å². The topological polar surface area (TPSA) is 77.8 Å². The third-order valence-corrected chi connectivity index (χ3v) is 4.37. The SMILES string of the molecule is Cc1[nH]c(=O)sc1C(=O)NCCc1c[nH]c2ccccc12. The number of aromatic amines is 2. The molecule has 1 amide bonds. The number of carbonyl (C=O) groups is 1. The Bertz CT molecular complexity index is 844. The molecule has 1 aromatic carbocycles. The lowest BCUT2D eigenvalue weighted by Crippen LogP contribution is -2.25. The lowest BCUT2D eigenvalue weighted by molar-refractivity contribution is 0.0957. The van der Waals surface area contributed by atoms with Crippen LogP contribution in [0.15, 0.2) is 35.3 Å². The van der Waals surface area contributed by atoms with E-state index >= 15 is 0 Å². The molecule has 0 fully saturated rings. The highest BCUT2D eigenvalue weighted by molar-refractivity contribution is 7.11. The van der Waals surface area contributed by atoms with E-state index in [-0.39, 0.29) is 10.8 Å². The fraction of sp³-hybridized carbons (Fsp3) is 0.200. The minimum Gasteiger partial charge on any atom is -0.361 e. The molecule has 3 rings (SSSR count). The molecule has 0 bridgehead atoms. The number of thiazole rings is 1. The molecule has 0 saturated heterocycles. The summed E-state index contributed by atoms with van der Waals surface area (Å²) < 4.78 is 0. The molecule has 0 aliphatic rings. The summed E-state index contributed by atoms with van der Waals surface area (Å²) in [6.07, 6.45) is 2.71. The Hall–Kier alpha value is -2.34. The Morgan fingerprint density at radius 1 is 1.33 bits per heavy atom. The van der Waals surface area contributed by atoms with Crippen LogP contribution < -0.4 is 10.2 Å². The van der Waals surface area contributed by atoms with Gasteiger partial charge in [0.25, 0.3) is 5.91 Å². The number of benzene rings is 1. The van der Waals surface area contributed by atoms with Crippen molar-refractivity contribution < 1.29 is 4.79 Å². The Morgan fingerprint density at radius 3 is 2.90 bits per heavy atom. The standard InChI is InChI=1S/C15H15N3O2S/c1-9-13(21-15(20)18-9)14(19)16-7-6-10-8-17-12-5-3-2-4-11(10)12/h2-5,8,17H,6-7H2,1H3,(H,16,19)(H,18,20). The van der Waals surface area contributed by atoms with E-state index in [9.17, 15) is 9.59 Å². The van der Waals surface area contributed by atoms with Crippen molar-refractivity contribution in [2.75, 3.05) is 6.54 Å². The van der Waals surface area contributed by atoms with Crippen LogP contribution in [0.4, 0.5) is 0 Å². The number of amides is 1. The lowest BCUT2D eigenvalue weighted by Gasteiger charge is -2.03. The molecule has 0 unspecified atom stereocenters. The van der Waals surface area contributed by atoms with Crippen LogP contribution in [-0.4, -0.2) is 22.4 Å². The van der Waals surface area contributed by atoms with Gasteiger partial charge in [-0.1, -0.05) is 29.5 Å². The van der Waals surface area contributed by atoms with Gasteiger partial charge in [-0.05, 0) is 25.0 Å². The average molecular weight is 301 g/mol. The monoisotopic (exact) mass is 301 g/mol. The first kappa shape index (κ1) is 13.6. The first-order chi connectivity index (χ1) is 10.1. The molecule has 0 spiro atoms. The summed E-state index contributed by atoms with van der Waals surface area (Å²) in [4.78, 5) is 29.3. The molecule has 3 aromatic rings. The number of aryl methyl sites for hydroxylation is 1. The van der Waals surface area contributed by atoms with Crippen LogP contribution in [0.2, 0.25) is 0 Å².